The summed E-state index contributed by atoms with van der Waals surface area (Å²) in [5.41, 5.74) is 6.98. The maximum Gasteiger partial charge on any atom is 0.159 e. The summed E-state index contributed by atoms with van der Waals surface area (Å²) < 4.78 is 13.1. The Morgan fingerprint density at radius 3 is 2.60 bits per heavy atom. The molecular formula is C13H15ClFN5. The Balaban J connectivity index is 2.27. The van der Waals surface area contributed by atoms with Gasteiger partial charge >= 0.3 is 0 Å². The van der Waals surface area contributed by atoms with Gasteiger partial charge in [0.2, 0.25) is 0 Å². The van der Waals surface area contributed by atoms with Gasteiger partial charge in [0.25, 0.3) is 0 Å². The summed E-state index contributed by atoms with van der Waals surface area (Å²) in [5.74, 6) is 0.506. The third-order valence-corrected chi connectivity index (χ3v) is 2.78. The fourth-order valence-electron chi connectivity index (χ4n) is 1.59. The van der Waals surface area contributed by atoms with Crippen molar-refractivity contribution in [3.05, 3.63) is 35.4 Å². The fourth-order valence-corrected chi connectivity index (χ4v) is 1.77. The smallest absolute Gasteiger partial charge is 0.159 e. The zero-order valence-corrected chi connectivity index (χ0v) is 11.9. The maximum atomic E-state index is 13.1. The zero-order chi connectivity index (χ0) is 14.7. The molecule has 2 rings (SSSR count). The van der Waals surface area contributed by atoms with Crippen molar-refractivity contribution in [1.82, 2.24) is 9.97 Å². The third kappa shape index (κ3) is 3.27. The maximum absolute atomic E-state index is 13.1. The standard InChI is InChI=1S/C13H15ClFN5/c1-7(2)19-12-11(16)13(18-6-17-12)20-8-3-4-10(15)9(14)5-8/h3-7H,16H2,1-2H3,(H2,17,18,19,20). The van der Waals surface area contributed by atoms with Crippen LogP contribution >= 0.6 is 11.6 Å². The molecule has 1 aromatic carbocycles. The van der Waals surface area contributed by atoms with Crippen molar-refractivity contribution in [2.45, 2.75) is 19.9 Å². The molecule has 0 aliphatic rings. The van der Waals surface area contributed by atoms with Crippen molar-refractivity contribution in [3.63, 3.8) is 0 Å². The summed E-state index contributed by atoms with van der Waals surface area (Å²) in [7, 11) is 0. The highest BCUT2D eigenvalue weighted by Gasteiger charge is 2.10. The van der Waals surface area contributed by atoms with Crippen molar-refractivity contribution in [2.24, 2.45) is 0 Å². The highest BCUT2D eigenvalue weighted by Crippen LogP contribution is 2.27. The first kappa shape index (κ1) is 14.3. The first-order valence-electron chi connectivity index (χ1n) is 6.06. The molecule has 1 heterocycles. The number of anilines is 4. The third-order valence-electron chi connectivity index (χ3n) is 2.49. The van der Waals surface area contributed by atoms with E-state index in [4.69, 9.17) is 17.3 Å². The SMILES string of the molecule is CC(C)Nc1ncnc(Nc2ccc(F)c(Cl)c2)c1N. The van der Waals surface area contributed by atoms with Crippen LogP contribution in [0.1, 0.15) is 13.8 Å². The molecule has 0 radical (unpaired) electrons. The van der Waals surface area contributed by atoms with E-state index in [0.717, 1.165) is 0 Å². The van der Waals surface area contributed by atoms with E-state index in [1.807, 2.05) is 13.8 Å². The number of nitrogens with zero attached hydrogens (tertiary/aromatic N) is 2. The van der Waals surface area contributed by atoms with E-state index in [9.17, 15) is 4.39 Å². The molecule has 1 aromatic heterocycles. The molecule has 0 atom stereocenters. The van der Waals surface area contributed by atoms with Crippen molar-refractivity contribution in [2.75, 3.05) is 16.4 Å². The number of hydrogen-bond acceptors (Lipinski definition) is 5. The van der Waals surface area contributed by atoms with E-state index < -0.39 is 5.82 Å². The van der Waals surface area contributed by atoms with Gasteiger partial charge in [-0.05, 0) is 32.0 Å². The van der Waals surface area contributed by atoms with Crippen molar-refractivity contribution < 1.29 is 4.39 Å². The summed E-state index contributed by atoms with van der Waals surface area (Å²) >= 11 is 5.73. The Morgan fingerprint density at radius 2 is 1.95 bits per heavy atom. The molecule has 2 aromatic rings. The minimum Gasteiger partial charge on any atom is -0.393 e. The van der Waals surface area contributed by atoms with Crippen LogP contribution in [0.3, 0.4) is 0 Å². The molecule has 0 aliphatic heterocycles. The van der Waals surface area contributed by atoms with Gasteiger partial charge in [-0.1, -0.05) is 11.6 Å². The molecule has 0 bridgehead atoms. The number of nitrogens with one attached hydrogen (secondary N) is 2. The lowest BCUT2D eigenvalue weighted by Crippen LogP contribution is -2.14. The Morgan fingerprint density at radius 1 is 1.25 bits per heavy atom. The lowest BCUT2D eigenvalue weighted by Gasteiger charge is -2.14. The number of aromatic nitrogens is 2. The number of halogens is 2. The second-order valence-corrected chi connectivity index (χ2v) is 4.94. The Hall–Kier alpha value is -2.08. The zero-order valence-electron chi connectivity index (χ0n) is 11.1. The number of benzene rings is 1. The molecule has 0 fully saturated rings. The summed E-state index contributed by atoms with van der Waals surface area (Å²) in [4.78, 5) is 8.15. The van der Waals surface area contributed by atoms with Crippen LogP contribution in [0, 0.1) is 5.82 Å². The van der Waals surface area contributed by atoms with Gasteiger partial charge in [-0.25, -0.2) is 14.4 Å². The lowest BCUT2D eigenvalue weighted by molar-refractivity contribution is 0.628. The van der Waals surface area contributed by atoms with Crippen LogP contribution in [0.2, 0.25) is 5.02 Å². The highest BCUT2D eigenvalue weighted by atomic mass is 35.5. The van der Waals surface area contributed by atoms with E-state index in [1.165, 1.54) is 18.5 Å². The summed E-state index contributed by atoms with van der Waals surface area (Å²) in [6, 6.07) is 4.49. The van der Waals surface area contributed by atoms with Gasteiger partial charge in [0.1, 0.15) is 17.8 Å². The van der Waals surface area contributed by atoms with Gasteiger partial charge in [0.15, 0.2) is 11.6 Å². The number of rotatable bonds is 4. The van der Waals surface area contributed by atoms with Gasteiger partial charge in [0.05, 0.1) is 5.02 Å². The Labute approximate surface area is 121 Å². The second kappa shape index (κ2) is 5.92. The van der Waals surface area contributed by atoms with Crippen LogP contribution in [0.15, 0.2) is 24.5 Å². The van der Waals surface area contributed by atoms with E-state index in [1.54, 1.807) is 6.07 Å². The molecule has 7 heteroatoms. The average molecular weight is 296 g/mol. The van der Waals surface area contributed by atoms with Crippen LogP contribution in [0.5, 0.6) is 0 Å². The van der Waals surface area contributed by atoms with E-state index >= 15 is 0 Å². The van der Waals surface area contributed by atoms with Crippen LogP contribution in [-0.2, 0) is 0 Å². The highest BCUT2D eigenvalue weighted by molar-refractivity contribution is 6.31. The number of hydrogen-bond donors (Lipinski definition) is 3. The molecule has 106 valence electrons. The Bertz CT molecular complexity index is 618. The van der Waals surface area contributed by atoms with E-state index in [2.05, 4.69) is 20.6 Å². The molecular weight excluding hydrogens is 281 g/mol. The lowest BCUT2D eigenvalue weighted by atomic mass is 10.3. The number of nitrogen functional groups attached to an aromatic ring is 1. The summed E-state index contributed by atoms with van der Waals surface area (Å²) in [5, 5.41) is 6.13. The van der Waals surface area contributed by atoms with Crippen LogP contribution < -0.4 is 16.4 Å². The number of nitrogens with two attached hydrogens (primary N) is 1. The fraction of sp³-hybridized carbons (Fsp3) is 0.231. The quantitative estimate of drug-likeness (QED) is 0.806. The largest absolute Gasteiger partial charge is 0.393 e. The first-order valence-corrected chi connectivity index (χ1v) is 6.44. The van der Waals surface area contributed by atoms with Gasteiger partial charge in [-0.2, -0.15) is 0 Å². The van der Waals surface area contributed by atoms with Crippen molar-refractivity contribution >= 4 is 34.6 Å². The molecule has 4 N–H and O–H groups in total. The predicted molar refractivity (Wildman–Crippen MR) is 79.9 cm³/mol. The molecule has 0 aliphatic carbocycles. The molecule has 20 heavy (non-hydrogen) atoms. The second-order valence-electron chi connectivity index (χ2n) is 4.54. The van der Waals surface area contributed by atoms with Crippen LogP contribution in [0.4, 0.5) is 27.4 Å². The monoisotopic (exact) mass is 295 g/mol. The molecule has 0 spiro atoms. The minimum atomic E-state index is -0.477. The molecule has 0 unspecified atom stereocenters. The van der Waals surface area contributed by atoms with Gasteiger partial charge in [0, 0.05) is 11.7 Å². The molecule has 5 nitrogen and oxygen atoms in total. The van der Waals surface area contributed by atoms with E-state index in [-0.39, 0.29) is 11.1 Å². The molecule has 0 amide bonds. The van der Waals surface area contributed by atoms with Crippen molar-refractivity contribution in [3.8, 4) is 0 Å². The average Bonchev–Trinajstić information content (AvgIpc) is 2.38. The van der Waals surface area contributed by atoms with Gasteiger partial charge in [-0.3, -0.25) is 0 Å². The predicted octanol–water partition coefficient (Wildman–Crippen LogP) is 3.42. The first-order chi connectivity index (χ1) is 9.47. The molecule has 0 saturated carbocycles. The Kier molecular flexibility index (Phi) is 4.24. The summed E-state index contributed by atoms with van der Waals surface area (Å²) in [6.45, 7) is 3.96. The van der Waals surface area contributed by atoms with E-state index in [0.29, 0.717) is 23.0 Å². The van der Waals surface area contributed by atoms with Gasteiger partial charge < -0.3 is 16.4 Å². The molecule has 0 saturated heterocycles. The summed E-state index contributed by atoms with van der Waals surface area (Å²) in [6.07, 6.45) is 1.40. The normalized spacial score (nSPS) is 10.7. The minimum absolute atomic E-state index is 0.0307. The van der Waals surface area contributed by atoms with Gasteiger partial charge in [-0.15, -0.1) is 0 Å². The van der Waals surface area contributed by atoms with Crippen LogP contribution in [-0.4, -0.2) is 16.0 Å². The topological polar surface area (TPSA) is 75.9 Å². The van der Waals surface area contributed by atoms with Crippen LogP contribution in [0.25, 0.3) is 0 Å². The van der Waals surface area contributed by atoms with Crippen molar-refractivity contribution in [1.29, 1.82) is 0 Å².